The third-order valence-corrected chi connectivity index (χ3v) is 3.97. The van der Waals surface area contributed by atoms with E-state index in [1.807, 2.05) is 19.9 Å². The van der Waals surface area contributed by atoms with Crippen LogP contribution < -0.4 is 0 Å². The van der Waals surface area contributed by atoms with Gasteiger partial charge in [-0.3, -0.25) is 0 Å². The van der Waals surface area contributed by atoms with Gasteiger partial charge in [0.2, 0.25) is 0 Å². The van der Waals surface area contributed by atoms with Gasteiger partial charge in [-0.2, -0.15) is 0 Å². The van der Waals surface area contributed by atoms with Gasteiger partial charge < -0.3 is 0 Å². The molecule has 0 radical (unpaired) electrons. The number of allylic oxidation sites excluding steroid dienone is 1. The fourth-order valence-corrected chi connectivity index (χ4v) is 3.05. The summed E-state index contributed by atoms with van der Waals surface area (Å²) in [7, 11) is 3.51. The number of hydrogen-bond donors (Lipinski definition) is 0. The highest BCUT2D eigenvalue weighted by Gasteiger charge is 2.10. The second-order valence-corrected chi connectivity index (χ2v) is 4.81. The third kappa shape index (κ3) is 2.96. The zero-order valence-corrected chi connectivity index (χ0v) is 10.1. The lowest BCUT2D eigenvalue weighted by Gasteiger charge is -1.97. The molecule has 0 amide bonds. The second kappa shape index (κ2) is 5.99. The molecule has 0 atom stereocenters. The monoisotopic (exact) mass is 222 g/mol. The molecule has 1 heterocycles. The zero-order chi connectivity index (χ0) is 10.4. The van der Waals surface area contributed by atoms with Gasteiger partial charge in [-0.15, -0.1) is 0 Å². The summed E-state index contributed by atoms with van der Waals surface area (Å²) in [6.07, 6.45) is 2.13. The Balaban J connectivity index is 0.000000461. The van der Waals surface area contributed by atoms with E-state index in [0.29, 0.717) is 0 Å². The van der Waals surface area contributed by atoms with Crippen LogP contribution in [-0.2, 0) is 0 Å². The second-order valence-electron chi connectivity index (χ2n) is 2.51. The highest BCUT2D eigenvalue weighted by Crippen LogP contribution is 2.48. The molecule has 14 heavy (non-hydrogen) atoms. The molecule has 0 spiro atoms. The molecule has 0 unspecified atom stereocenters. The van der Waals surface area contributed by atoms with E-state index in [2.05, 4.69) is 36.9 Å². The average molecular weight is 222 g/mol. The Hall–Kier alpha value is -0.600. The normalized spacial score (nSPS) is 14.4. The van der Waals surface area contributed by atoms with Gasteiger partial charge in [0.05, 0.1) is 0 Å². The van der Waals surface area contributed by atoms with Gasteiger partial charge >= 0.3 is 0 Å². The summed E-state index contributed by atoms with van der Waals surface area (Å²) in [6.45, 7) is 7.90. The van der Waals surface area contributed by atoms with Crippen molar-refractivity contribution in [2.75, 3.05) is 0 Å². The average Bonchev–Trinajstić information content (AvgIpc) is 2.69. The van der Waals surface area contributed by atoms with Gasteiger partial charge in [-0.05, 0) is 11.6 Å². The Morgan fingerprint density at radius 3 is 2.14 bits per heavy atom. The maximum atomic E-state index is 3.90. The van der Waals surface area contributed by atoms with Crippen LogP contribution in [0.2, 0.25) is 0 Å². The van der Waals surface area contributed by atoms with Crippen LogP contribution in [0.3, 0.4) is 0 Å². The molecule has 0 saturated carbocycles. The fraction of sp³-hybridized carbons (Fsp3) is 0.167. The summed E-state index contributed by atoms with van der Waals surface area (Å²) >= 11 is 0. The third-order valence-electron chi connectivity index (χ3n) is 1.59. The molecule has 1 aliphatic heterocycles. The van der Waals surface area contributed by atoms with E-state index in [9.17, 15) is 0 Å². The van der Waals surface area contributed by atoms with Crippen molar-refractivity contribution in [1.29, 1.82) is 0 Å². The zero-order valence-electron chi connectivity index (χ0n) is 8.49. The Kier molecular flexibility index (Phi) is 4.91. The van der Waals surface area contributed by atoms with Crippen LogP contribution in [0.1, 0.15) is 19.4 Å². The highest BCUT2D eigenvalue weighted by molar-refractivity contribution is 8.82. The summed E-state index contributed by atoms with van der Waals surface area (Å²) in [5, 5.41) is 0. The first-order valence-electron chi connectivity index (χ1n) is 4.67. The SMILES string of the molecule is C=C1C=C(c2ccccc2)SS1.CC. The van der Waals surface area contributed by atoms with Crippen molar-refractivity contribution in [2.45, 2.75) is 13.8 Å². The highest BCUT2D eigenvalue weighted by atomic mass is 33.1. The van der Waals surface area contributed by atoms with Gasteiger partial charge in [-0.1, -0.05) is 72.3 Å². The van der Waals surface area contributed by atoms with Crippen molar-refractivity contribution < 1.29 is 0 Å². The molecule has 0 aliphatic carbocycles. The lowest BCUT2D eigenvalue weighted by atomic mass is 10.2. The quantitative estimate of drug-likeness (QED) is 0.616. The van der Waals surface area contributed by atoms with Crippen molar-refractivity contribution in [2.24, 2.45) is 0 Å². The predicted molar refractivity (Wildman–Crippen MR) is 70.1 cm³/mol. The van der Waals surface area contributed by atoms with E-state index < -0.39 is 0 Å². The van der Waals surface area contributed by atoms with E-state index in [-0.39, 0.29) is 0 Å². The molecule has 0 nitrogen and oxygen atoms in total. The molecule has 1 aromatic carbocycles. The van der Waals surface area contributed by atoms with E-state index in [0.717, 1.165) is 4.91 Å². The fourth-order valence-electron chi connectivity index (χ4n) is 1.03. The van der Waals surface area contributed by atoms with Gasteiger partial charge in [0.1, 0.15) is 0 Å². The van der Waals surface area contributed by atoms with Crippen molar-refractivity contribution in [1.82, 2.24) is 0 Å². The minimum atomic E-state index is 1.14. The van der Waals surface area contributed by atoms with Crippen LogP contribution in [-0.4, -0.2) is 0 Å². The van der Waals surface area contributed by atoms with Gasteiger partial charge in [-0.25, -0.2) is 0 Å². The molecule has 1 aromatic rings. The summed E-state index contributed by atoms with van der Waals surface area (Å²) < 4.78 is 0. The maximum Gasteiger partial charge on any atom is 0.0269 e. The number of hydrogen-bond acceptors (Lipinski definition) is 2. The molecule has 2 heteroatoms. The largest absolute Gasteiger partial charge is 0.0844 e. The lowest BCUT2D eigenvalue weighted by molar-refractivity contribution is 1.50. The Labute approximate surface area is 93.9 Å². The summed E-state index contributed by atoms with van der Waals surface area (Å²) in [6, 6.07) is 10.4. The van der Waals surface area contributed by atoms with Crippen LogP contribution in [0.4, 0.5) is 0 Å². The van der Waals surface area contributed by atoms with Crippen molar-refractivity contribution in [3.63, 3.8) is 0 Å². The first-order valence-corrected chi connectivity index (χ1v) is 6.82. The van der Waals surface area contributed by atoms with Crippen LogP contribution in [0, 0.1) is 0 Å². The molecular weight excluding hydrogens is 208 g/mol. The van der Waals surface area contributed by atoms with Crippen molar-refractivity contribution in [3.8, 4) is 0 Å². The Morgan fingerprint density at radius 1 is 1.00 bits per heavy atom. The molecule has 0 aromatic heterocycles. The van der Waals surface area contributed by atoms with Gasteiger partial charge in [0.25, 0.3) is 0 Å². The molecule has 2 rings (SSSR count). The lowest BCUT2D eigenvalue weighted by Crippen LogP contribution is -1.73. The Morgan fingerprint density at radius 2 is 1.64 bits per heavy atom. The number of benzene rings is 1. The van der Waals surface area contributed by atoms with Crippen molar-refractivity contribution in [3.05, 3.63) is 53.5 Å². The van der Waals surface area contributed by atoms with E-state index >= 15 is 0 Å². The molecule has 0 saturated heterocycles. The molecule has 0 bridgehead atoms. The Bertz CT molecular complexity index is 325. The van der Waals surface area contributed by atoms with Gasteiger partial charge in [0, 0.05) is 9.81 Å². The first-order chi connectivity index (χ1) is 6.86. The van der Waals surface area contributed by atoms with Crippen LogP contribution >= 0.6 is 21.6 Å². The van der Waals surface area contributed by atoms with Crippen LogP contribution in [0.15, 0.2) is 47.9 Å². The first kappa shape index (κ1) is 11.5. The topological polar surface area (TPSA) is 0 Å². The van der Waals surface area contributed by atoms with Gasteiger partial charge in [0.15, 0.2) is 0 Å². The maximum absolute atomic E-state index is 3.90. The van der Waals surface area contributed by atoms with Crippen LogP contribution in [0.5, 0.6) is 0 Å². The summed E-state index contributed by atoms with van der Waals surface area (Å²) in [5.74, 6) is 0. The van der Waals surface area contributed by atoms with Crippen molar-refractivity contribution >= 4 is 26.5 Å². The number of rotatable bonds is 1. The van der Waals surface area contributed by atoms with E-state index in [4.69, 9.17) is 0 Å². The summed E-state index contributed by atoms with van der Waals surface area (Å²) in [5.41, 5.74) is 1.29. The molecule has 74 valence electrons. The summed E-state index contributed by atoms with van der Waals surface area (Å²) in [4.78, 5) is 2.45. The van der Waals surface area contributed by atoms with Crippen LogP contribution in [0.25, 0.3) is 4.91 Å². The van der Waals surface area contributed by atoms with E-state index in [1.54, 1.807) is 21.6 Å². The standard InChI is InChI=1S/C10H8S2.C2H6/c1-8-7-10(12-11-8)9-5-3-2-4-6-9;1-2/h2-7H,1H2;1-2H3. The minimum Gasteiger partial charge on any atom is -0.0844 e. The van der Waals surface area contributed by atoms with E-state index in [1.165, 1.54) is 10.5 Å². The minimum absolute atomic E-state index is 1.14. The predicted octanol–water partition coefficient (Wildman–Crippen LogP) is 4.96. The molecule has 0 N–H and O–H groups in total. The molecule has 0 fully saturated rings. The smallest absolute Gasteiger partial charge is 0.0269 e. The molecular formula is C12H14S2. The molecule has 1 aliphatic rings.